The van der Waals surface area contributed by atoms with Crippen LogP contribution < -0.4 is 10.5 Å². The number of amidine groups is 1. The molecule has 1 heterocycles. The lowest BCUT2D eigenvalue weighted by molar-refractivity contribution is 0.259. The molecule has 1 aliphatic heterocycles. The van der Waals surface area contributed by atoms with Crippen LogP contribution in [0.25, 0.3) is 0 Å². The van der Waals surface area contributed by atoms with Crippen molar-refractivity contribution < 1.29 is 8.42 Å². The van der Waals surface area contributed by atoms with Crippen LogP contribution in [0.1, 0.15) is 25.3 Å². The lowest BCUT2D eigenvalue weighted by atomic mass is 9.97. The number of nitrogen functional groups attached to an aromatic ring is 1. The SMILES string of the molecule is CC/N=C(\c1ccc(Br)cc1N)N1CCCC(CNS(C)(=O)=O)C1. The molecule has 24 heavy (non-hydrogen) atoms. The number of likely N-dealkylation sites (tertiary alicyclic amines) is 1. The molecule has 6 nitrogen and oxygen atoms in total. The van der Waals surface area contributed by atoms with E-state index in [-0.39, 0.29) is 5.92 Å². The minimum atomic E-state index is -3.16. The van der Waals surface area contributed by atoms with Crippen molar-refractivity contribution in [1.29, 1.82) is 0 Å². The molecule has 1 fully saturated rings. The maximum atomic E-state index is 11.3. The Hall–Kier alpha value is -1.12. The van der Waals surface area contributed by atoms with Crippen LogP contribution in [0.5, 0.6) is 0 Å². The molecule has 0 amide bonds. The fourth-order valence-corrected chi connectivity index (χ4v) is 3.85. The van der Waals surface area contributed by atoms with Gasteiger partial charge in [-0.1, -0.05) is 15.9 Å². The van der Waals surface area contributed by atoms with Gasteiger partial charge in [0, 0.05) is 41.9 Å². The first-order valence-electron chi connectivity index (χ1n) is 8.09. The van der Waals surface area contributed by atoms with Gasteiger partial charge >= 0.3 is 0 Å². The minimum Gasteiger partial charge on any atom is -0.398 e. The molecule has 134 valence electrons. The van der Waals surface area contributed by atoms with Gasteiger partial charge in [0.2, 0.25) is 10.0 Å². The average Bonchev–Trinajstić information content (AvgIpc) is 2.51. The fourth-order valence-electron chi connectivity index (χ4n) is 2.94. The largest absolute Gasteiger partial charge is 0.398 e. The van der Waals surface area contributed by atoms with Gasteiger partial charge in [-0.15, -0.1) is 0 Å². The van der Waals surface area contributed by atoms with E-state index in [4.69, 9.17) is 5.73 Å². The number of hydrogen-bond donors (Lipinski definition) is 2. The quantitative estimate of drug-likeness (QED) is 0.436. The highest BCUT2D eigenvalue weighted by atomic mass is 79.9. The van der Waals surface area contributed by atoms with E-state index in [9.17, 15) is 8.42 Å². The zero-order valence-electron chi connectivity index (χ0n) is 14.1. The highest BCUT2D eigenvalue weighted by molar-refractivity contribution is 9.10. The molecule has 0 spiro atoms. The molecule has 0 aliphatic carbocycles. The molecule has 3 N–H and O–H groups in total. The Labute approximate surface area is 152 Å². The first-order chi connectivity index (χ1) is 11.3. The third kappa shape index (κ3) is 5.46. The molecule has 0 bridgehead atoms. The Morgan fingerprint density at radius 2 is 2.25 bits per heavy atom. The van der Waals surface area contributed by atoms with E-state index in [1.165, 1.54) is 6.26 Å². The highest BCUT2D eigenvalue weighted by Crippen LogP contribution is 2.24. The number of nitrogens with one attached hydrogen (secondary N) is 1. The molecular weight excluding hydrogens is 392 g/mol. The van der Waals surface area contributed by atoms with Crippen molar-refractivity contribution in [2.24, 2.45) is 10.9 Å². The first kappa shape index (κ1) is 19.2. The fraction of sp³-hybridized carbons (Fsp3) is 0.562. The molecule has 0 aromatic heterocycles. The number of halogens is 1. The summed E-state index contributed by atoms with van der Waals surface area (Å²) in [6, 6.07) is 5.82. The van der Waals surface area contributed by atoms with Crippen molar-refractivity contribution in [2.45, 2.75) is 19.8 Å². The summed E-state index contributed by atoms with van der Waals surface area (Å²) in [5, 5.41) is 0. The van der Waals surface area contributed by atoms with E-state index in [1.54, 1.807) is 0 Å². The third-order valence-electron chi connectivity index (χ3n) is 4.02. The van der Waals surface area contributed by atoms with E-state index in [2.05, 4.69) is 30.5 Å². The van der Waals surface area contributed by atoms with E-state index in [0.717, 1.165) is 41.8 Å². The molecule has 1 aromatic rings. The van der Waals surface area contributed by atoms with E-state index in [0.29, 0.717) is 18.8 Å². The van der Waals surface area contributed by atoms with Gasteiger partial charge < -0.3 is 10.6 Å². The Balaban J connectivity index is 2.17. The monoisotopic (exact) mass is 416 g/mol. The maximum Gasteiger partial charge on any atom is 0.208 e. The Kier molecular flexibility index (Phi) is 6.65. The van der Waals surface area contributed by atoms with Crippen molar-refractivity contribution in [2.75, 3.05) is 38.2 Å². The van der Waals surface area contributed by atoms with E-state index < -0.39 is 10.0 Å². The Morgan fingerprint density at radius 1 is 1.50 bits per heavy atom. The molecule has 1 aromatic carbocycles. The molecule has 1 atom stereocenters. The summed E-state index contributed by atoms with van der Waals surface area (Å²) < 4.78 is 26.2. The Morgan fingerprint density at radius 3 is 2.88 bits per heavy atom. The van der Waals surface area contributed by atoms with Gasteiger partial charge in [-0.3, -0.25) is 4.99 Å². The molecule has 8 heteroatoms. The summed E-state index contributed by atoms with van der Waals surface area (Å²) in [5.74, 6) is 1.17. The van der Waals surface area contributed by atoms with Crippen molar-refractivity contribution in [3.63, 3.8) is 0 Å². The molecule has 1 aliphatic rings. The van der Waals surface area contributed by atoms with Crippen molar-refractivity contribution in [1.82, 2.24) is 9.62 Å². The number of benzene rings is 1. The van der Waals surface area contributed by atoms with Gasteiger partial charge in [-0.2, -0.15) is 0 Å². The van der Waals surface area contributed by atoms with Crippen LogP contribution in [0.4, 0.5) is 5.69 Å². The lowest BCUT2D eigenvalue weighted by Gasteiger charge is -2.35. The van der Waals surface area contributed by atoms with Gasteiger partial charge in [0.1, 0.15) is 5.84 Å². The number of nitrogens with zero attached hydrogens (tertiary/aromatic N) is 2. The van der Waals surface area contributed by atoms with Crippen LogP contribution in [0, 0.1) is 5.92 Å². The first-order valence-corrected chi connectivity index (χ1v) is 10.8. The molecule has 1 unspecified atom stereocenters. The number of sulfonamides is 1. The summed E-state index contributed by atoms with van der Waals surface area (Å²) in [6.45, 7) is 4.82. The van der Waals surface area contributed by atoms with Crippen molar-refractivity contribution in [3.05, 3.63) is 28.2 Å². The predicted molar refractivity (Wildman–Crippen MR) is 103 cm³/mol. The minimum absolute atomic E-state index is 0.271. The number of piperidine rings is 1. The summed E-state index contributed by atoms with van der Waals surface area (Å²) in [5.41, 5.74) is 7.80. The highest BCUT2D eigenvalue weighted by Gasteiger charge is 2.24. The van der Waals surface area contributed by atoms with Crippen molar-refractivity contribution >= 4 is 37.5 Å². The van der Waals surface area contributed by atoms with Gasteiger partial charge in [0.15, 0.2) is 0 Å². The molecule has 1 saturated heterocycles. The Bertz CT molecular complexity index is 706. The van der Waals surface area contributed by atoms with Crippen LogP contribution in [-0.2, 0) is 10.0 Å². The summed E-state index contributed by atoms with van der Waals surface area (Å²) in [6.07, 6.45) is 3.21. The summed E-state index contributed by atoms with van der Waals surface area (Å²) in [4.78, 5) is 6.88. The average molecular weight is 417 g/mol. The number of rotatable bonds is 5. The second kappa shape index (κ2) is 8.31. The molecule has 0 saturated carbocycles. The van der Waals surface area contributed by atoms with Gasteiger partial charge in [-0.25, -0.2) is 13.1 Å². The van der Waals surface area contributed by atoms with Crippen LogP contribution in [0.15, 0.2) is 27.7 Å². The number of nitrogens with two attached hydrogens (primary N) is 1. The number of aliphatic imine (C=N–C) groups is 1. The van der Waals surface area contributed by atoms with E-state index >= 15 is 0 Å². The lowest BCUT2D eigenvalue weighted by Crippen LogP contribution is -2.44. The smallest absolute Gasteiger partial charge is 0.208 e. The molecule has 0 radical (unpaired) electrons. The van der Waals surface area contributed by atoms with Gasteiger partial charge in [0.25, 0.3) is 0 Å². The number of anilines is 1. The normalized spacial score (nSPS) is 19.5. The standard InChI is InChI=1S/C16H25BrN4O2S/c1-3-19-16(14-7-6-13(17)9-15(14)18)21-8-4-5-12(11-21)10-20-24(2,22)23/h6-7,9,12,20H,3-5,8,10-11,18H2,1-2H3/b19-16+. The molecule has 2 rings (SSSR count). The van der Waals surface area contributed by atoms with Crippen LogP contribution in [0.2, 0.25) is 0 Å². The van der Waals surface area contributed by atoms with Crippen LogP contribution >= 0.6 is 15.9 Å². The van der Waals surface area contributed by atoms with Gasteiger partial charge in [-0.05, 0) is 43.9 Å². The van der Waals surface area contributed by atoms with Crippen LogP contribution in [0.3, 0.4) is 0 Å². The van der Waals surface area contributed by atoms with Gasteiger partial charge in [0.05, 0.1) is 6.26 Å². The zero-order chi connectivity index (χ0) is 17.7. The maximum absolute atomic E-state index is 11.3. The zero-order valence-corrected chi connectivity index (χ0v) is 16.5. The summed E-state index contributed by atoms with van der Waals surface area (Å²) >= 11 is 3.43. The number of hydrogen-bond acceptors (Lipinski definition) is 4. The summed E-state index contributed by atoms with van der Waals surface area (Å²) in [7, 11) is -3.16. The second-order valence-corrected chi connectivity index (χ2v) is 8.85. The molecular formula is C16H25BrN4O2S. The topological polar surface area (TPSA) is 87.8 Å². The third-order valence-corrected chi connectivity index (χ3v) is 5.20. The predicted octanol–water partition coefficient (Wildman–Crippen LogP) is 2.06. The van der Waals surface area contributed by atoms with E-state index in [1.807, 2.05) is 25.1 Å². The van der Waals surface area contributed by atoms with Crippen LogP contribution in [-0.4, -0.2) is 51.6 Å². The second-order valence-electron chi connectivity index (χ2n) is 6.10. The van der Waals surface area contributed by atoms with Crippen molar-refractivity contribution in [3.8, 4) is 0 Å².